The summed E-state index contributed by atoms with van der Waals surface area (Å²) in [5.41, 5.74) is 5.70. The summed E-state index contributed by atoms with van der Waals surface area (Å²) in [6, 6.07) is 10.8. The van der Waals surface area contributed by atoms with Gasteiger partial charge in [0.15, 0.2) is 0 Å². The highest BCUT2D eigenvalue weighted by Crippen LogP contribution is 2.49. The monoisotopic (exact) mass is 270 g/mol. The quantitative estimate of drug-likeness (QED) is 0.738. The van der Waals surface area contributed by atoms with Crippen molar-refractivity contribution in [2.24, 2.45) is 11.3 Å². The zero-order valence-electron chi connectivity index (χ0n) is 13.6. The Morgan fingerprint density at radius 3 is 2.25 bits per heavy atom. The number of hydrogen-bond acceptors (Lipinski definition) is 1. The van der Waals surface area contributed by atoms with Gasteiger partial charge in [-0.3, -0.25) is 0 Å². The largest absolute Gasteiger partial charge is 0.497 e. The van der Waals surface area contributed by atoms with Gasteiger partial charge in [-0.25, -0.2) is 0 Å². The van der Waals surface area contributed by atoms with Crippen LogP contribution in [0.25, 0.3) is 0 Å². The zero-order valence-corrected chi connectivity index (χ0v) is 13.6. The Morgan fingerprint density at radius 2 is 1.70 bits per heavy atom. The van der Waals surface area contributed by atoms with Crippen LogP contribution in [0.5, 0.6) is 0 Å². The van der Waals surface area contributed by atoms with Gasteiger partial charge in [0, 0.05) is 0 Å². The molecule has 0 aromatic heterocycles. The second kappa shape index (κ2) is 5.47. The molecule has 2 unspecified atom stereocenters. The molecule has 0 spiro atoms. The van der Waals surface area contributed by atoms with E-state index in [0.29, 0.717) is 5.92 Å². The number of hydrogen-bond donors (Lipinski definition) is 0. The van der Waals surface area contributed by atoms with Crippen LogP contribution in [0, 0.1) is 11.3 Å². The standard InChI is InChI=1S/C19H26O/c1-13-15(3)19(5,12-17-10-8-7-9-11-17)16(4)14(2)18(13)20-6/h7-11,15H,12H2,1-6H3. The lowest BCUT2D eigenvalue weighted by atomic mass is 9.62. The molecule has 1 aromatic rings. The highest BCUT2D eigenvalue weighted by molar-refractivity contribution is 5.43. The molecule has 0 saturated carbocycles. The maximum Gasteiger partial charge on any atom is 0.120 e. The van der Waals surface area contributed by atoms with Crippen LogP contribution >= 0.6 is 0 Å². The summed E-state index contributed by atoms with van der Waals surface area (Å²) in [5, 5.41) is 0. The van der Waals surface area contributed by atoms with Crippen LogP contribution < -0.4 is 0 Å². The van der Waals surface area contributed by atoms with Crippen molar-refractivity contribution in [3.05, 3.63) is 58.4 Å². The van der Waals surface area contributed by atoms with E-state index in [2.05, 4.69) is 65.0 Å². The van der Waals surface area contributed by atoms with Crippen LogP contribution in [0.1, 0.15) is 40.2 Å². The first-order valence-corrected chi connectivity index (χ1v) is 7.38. The first-order valence-electron chi connectivity index (χ1n) is 7.38. The lowest BCUT2D eigenvalue weighted by molar-refractivity contribution is 0.233. The minimum atomic E-state index is 0.164. The molecule has 20 heavy (non-hydrogen) atoms. The van der Waals surface area contributed by atoms with E-state index in [1.165, 1.54) is 22.3 Å². The normalized spacial score (nSPS) is 27.0. The molecule has 2 rings (SSSR count). The van der Waals surface area contributed by atoms with Gasteiger partial charge in [-0.15, -0.1) is 0 Å². The first-order chi connectivity index (χ1) is 9.41. The van der Waals surface area contributed by atoms with Crippen molar-refractivity contribution in [1.29, 1.82) is 0 Å². The van der Waals surface area contributed by atoms with Gasteiger partial charge in [0.2, 0.25) is 0 Å². The average molecular weight is 270 g/mol. The number of methoxy groups -OCH3 is 1. The number of ether oxygens (including phenoxy) is 1. The van der Waals surface area contributed by atoms with E-state index in [0.717, 1.165) is 12.2 Å². The minimum absolute atomic E-state index is 0.164. The molecule has 0 heterocycles. The molecule has 0 fully saturated rings. The molecule has 108 valence electrons. The fraction of sp³-hybridized carbons (Fsp3) is 0.474. The Bertz CT molecular complexity index is 550. The third kappa shape index (κ3) is 2.30. The van der Waals surface area contributed by atoms with E-state index in [-0.39, 0.29) is 5.41 Å². The molecule has 2 atom stereocenters. The summed E-state index contributed by atoms with van der Waals surface area (Å²) >= 11 is 0. The van der Waals surface area contributed by atoms with Gasteiger partial charge in [0.25, 0.3) is 0 Å². The number of allylic oxidation sites excluding steroid dienone is 3. The van der Waals surface area contributed by atoms with Crippen LogP contribution in [0.3, 0.4) is 0 Å². The molecular formula is C19H26O. The third-order valence-electron chi connectivity index (χ3n) is 5.34. The topological polar surface area (TPSA) is 9.23 Å². The molecule has 1 aromatic carbocycles. The van der Waals surface area contributed by atoms with Gasteiger partial charge in [-0.1, -0.05) is 49.8 Å². The SMILES string of the molecule is COC1=C(C)C(C)C(C)(Cc2ccccc2)C(C)=C1C. The van der Waals surface area contributed by atoms with Gasteiger partial charge in [-0.05, 0) is 55.2 Å². The maximum absolute atomic E-state index is 5.62. The maximum atomic E-state index is 5.62. The predicted octanol–water partition coefficient (Wildman–Crippen LogP) is 5.14. The Hall–Kier alpha value is -1.50. The smallest absolute Gasteiger partial charge is 0.120 e. The van der Waals surface area contributed by atoms with Crippen molar-refractivity contribution in [2.45, 2.75) is 41.0 Å². The van der Waals surface area contributed by atoms with E-state index < -0.39 is 0 Å². The Labute approximate surface area is 123 Å². The second-order valence-electron chi connectivity index (χ2n) is 6.27. The fourth-order valence-electron chi connectivity index (χ4n) is 3.51. The Balaban J connectivity index is 2.44. The summed E-state index contributed by atoms with van der Waals surface area (Å²) in [4.78, 5) is 0. The molecular weight excluding hydrogens is 244 g/mol. The van der Waals surface area contributed by atoms with Gasteiger partial charge >= 0.3 is 0 Å². The molecule has 0 N–H and O–H groups in total. The highest BCUT2D eigenvalue weighted by atomic mass is 16.5. The third-order valence-corrected chi connectivity index (χ3v) is 5.34. The first kappa shape index (κ1) is 14.9. The van der Waals surface area contributed by atoms with Crippen molar-refractivity contribution in [1.82, 2.24) is 0 Å². The average Bonchev–Trinajstić information content (AvgIpc) is 2.45. The summed E-state index contributed by atoms with van der Waals surface area (Å²) in [7, 11) is 1.78. The van der Waals surface area contributed by atoms with Crippen LogP contribution in [0.15, 0.2) is 52.8 Å². The van der Waals surface area contributed by atoms with Crippen LogP contribution in [0.2, 0.25) is 0 Å². The Morgan fingerprint density at radius 1 is 1.10 bits per heavy atom. The van der Waals surface area contributed by atoms with E-state index in [1.54, 1.807) is 7.11 Å². The van der Waals surface area contributed by atoms with Crippen LogP contribution in [-0.2, 0) is 11.2 Å². The molecule has 1 heteroatoms. The molecule has 0 radical (unpaired) electrons. The van der Waals surface area contributed by atoms with E-state index >= 15 is 0 Å². The number of rotatable bonds is 3. The highest BCUT2D eigenvalue weighted by Gasteiger charge is 2.40. The summed E-state index contributed by atoms with van der Waals surface area (Å²) in [6.45, 7) is 11.4. The van der Waals surface area contributed by atoms with Gasteiger partial charge in [0.1, 0.15) is 5.76 Å². The Kier molecular flexibility index (Phi) is 4.08. The van der Waals surface area contributed by atoms with E-state index in [9.17, 15) is 0 Å². The van der Waals surface area contributed by atoms with Gasteiger partial charge in [0.05, 0.1) is 7.11 Å². The van der Waals surface area contributed by atoms with Crippen LogP contribution in [-0.4, -0.2) is 7.11 Å². The molecule has 1 aliphatic carbocycles. The summed E-state index contributed by atoms with van der Waals surface area (Å²) in [6.07, 6.45) is 1.08. The molecule has 0 bridgehead atoms. The molecule has 0 saturated heterocycles. The van der Waals surface area contributed by atoms with Crippen molar-refractivity contribution < 1.29 is 4.74 Å². The lowest BCUT2D eigenvalue weighted by Crippen LogP contribution is -2.34. The van der Waals surface area contributed by atoms with Crippen molar-refractivity contribution in [3.8, 4) is 0 Å². The van der Waals surface area contributed by atoms with E-state index in [1.807, 2.05) is 0 Å². The lowest BCUT2D eigenvalue weighted by Gasteiger charge is -2.43. The molecule has 0 aliphatic heterocycles. The number of benzene rings is 1. The summed E-state index contributed by atoms with van der Waals surface area (Å²) in [5.74, 6) is 1.57. The van der Waals surface area contributed by atoms with Crippen molar-refractivity contribution in [2.75, 3.05) is 7.11 Å². The molecule has 0 amide bonds. The van der Waals surface area contributed by atoms with Gasteiger partial charge in [-0.2, -0.15) is 0 Å². The molecule has 1 nitrogen and oxygen atoms in total. The second-order valence-corrected chi connectivity index (χ2v) is 6.27. The zero-order chi connectivity index (χ0) is 14.9. The summed E-state index contributed by atoms with van der Waals surface area (Å²) < 4.78 is 5.62. The van der Waals surface area contributed by atoms with Crippen molar-refractivity contribution >= 4 is 0 Å². The predicted molar refractivity (Wildman–Crippen MR) is 85.5 cm³/mol. The van der Waals surface area contributed by atoms with E-state index in [4.69, 9.17) is 4.74 Å². The fourth-order valence-corrected chi connectivity index (χ4v) is 3.51. The molecule has 1 aliphatic rings. The van der Waals surface area contributed by atoms with Crippen molar-refractivity contribution in [3.63, 3.8) is 0 Å². The minimum Gasteiger partial charge on any atom is -0.497 e. The van der Waals surface area contributed by atoms with Gasteiger partial charge < -0.3 is 4.74 Å². The van der Waals surface area contributed by atoms with Crippen LogP contribution in [0.4, 0.5) is 0 Å².